The van der Waals surface area contributed by atoms with Gasteiger partial charge in [0, 0.05) is 11.4 Å². The van der Waals surface area contributed by atoms with Crippen molar-refractivity contribution in [2.75, 3.05) is 33.6 Å². The Morgan fingerprint density at radius 2 is 1.69 bits per heavy atom. The normalized spacial score (nSPS) is 12.2. The smallest absolute Gasteiger partial charge is 0.196 e. The van der Waals surface area contributed by atoms with Gasteiger partial charge in [-0.25, -0.2) is 4.39 Å². The number of thioether (sulfide) groups is 1. The Labute approximate surface area is 174 Å². The summed E-state index contributed by atoms with van der Waals surface area (Å²) in [5.74, 6) is 2.81. The molecule has 1 atom stereocenters. The first-order chi connectivity index (χ1) is 14.0. The summed E-state index contributed by atoms with van der Waals surface area (Å²) in [4.78, 5) is 2.06. The molecule has 0 aliphatic rings. The van der Waals surface area contributed by atoms with Crippen LogP contribution in [-0.2, 0) is 0 Å². The van der Waals surface area contributed by atoms with Gasteiger partial charge in [-0.3, -0.25) is 9.47 Å². The monoisotopic (exact) mass is 416 g/mol. The molecule has 0 fully saturated rings. The minimum absolute atomic E-state index is 0.0532. The van der Waals surface area contributed by atoms with Crippen LogP contribution in [0.3, 0.4) is 0 Å². The number of nitrogens with zero attached hydrogens (tertiary/aromatic N) is 4. The van der Waals surface area contributed by atoms with Crippen molar-refractivity contribution in [3.8, 4) is 17.2 Å². The molecule has 3 rings (SSSR count). The summed E-state index contributed by atoms with van der Waals surface area (Å²) in [7, 11) is 5.61. The maximum absolute atomic E-state index is 13.4. The summed E-state index contributed by atoms with van der Waals surface area (Å²) in [5, 5.41) is 9.51. The molecular formula is C21H25FN4O2S. The molecule has 154 valence electrons. The van der Waals surface area contributed by atoms with Gasteiger partial charge >= 0.3 is 0 Å². The van der Waals surface area contributed by atoms with Crippen molar-refractivity contribution >= 4 is 11.8 Å². The summed E-state index contributed by atoms with van der Waals surface area (Å²) >= 11 is 1.55. The fourth-order valence-electron chi connectivity index (χ4n) is 2.67. The predicted molar refractivity (Wildman–Crippen MR) is 113 cm³/mol. The topological polar surface area (TPSA) is 52.4 Å². The molecule has 0 bridgehead atoms. The van der Waals surface area contributed by atoms with Crippen LogP contribution in [0.2, 0.25) is 0 Å². The highest BCUT2D eigenvalue weighted by Gasteiger charge is 2.21. The lowest BCUT2D eigenvalue weighted by Crippen LogP contribution is -2.20. The molecule has 0 aliphatic heterocycles. The molecule has 3 aromatic rings. The Balaban J connectivity index is 1.71. The van der Waals surface area contributed by atoms with Crippen LogP contribution in [0.25, 0.3) is 5.69 Å². The van der Waals surface area contributed by atoms with Crippen molar-refractivity contribution in [1.29, 1.82) is 0 Å². The summed E-state index contributed by atoms with van der Waals surface area (Å²) in [6, 6.07) is 13.9. The van der Waals surface area contributed by atoms with Crippen LogP contribution in [0.1, 0.15) is 18.8 Å². The van der Waals surface area contributed by atoms with Crippen molar-refractivity contribution in [1.82, 2.24) is 19.7 Å². The fourth-order valence-corrected chi connectivity index (χ4v) is 3.45. The van der Waals surface area contributed by atoms with E-state index < -0.39 is 0 Å². The van der Waals surface area contributed by atoms with Crippen molar-refractivity contribution in [3.63, 3.8) is 0 Å². The number of benzene rings is 2. The molecule has 0 radical (unpaired) electrons. The van der Waals surface area contributed by atoms with Gasteiger partial charge in [-0.05, 0) is 69.6 Å². The quantitative estimate of drug-likeness (QED) is 0.385. The number of hydrogen-bond donors (Lipinski definition) is 0. The van der Waals surface area contributed by atoms with Crippen molar-refractivity contribution in [2.24, 2.45) is 0 Å². The largest absolute Gasteiger partial charge is 0.497 e. The third-order valence-electron chi connectivity index (χ3n) is 4.53. The zero-order valence-electron chi connectivity index (χ0n) is 17.0. The Kier molecular flexibility index (Phi) is 7.11. The van der Waals surface area contributed by atoms with E-state index in [4.69, 9.17) is 9.47 Å². The Hall–Kier alpha value is -2.58. The van der Waals surface area contributed by atoms with Gasteiger partial charge in [0.05, 0.1) is 19.8 Å². The van der Waals surface area contributed by atoms with Gasteiger partial charge < -0.3 is 9.47 Å². The van der Waals surface area contributed by atoms with Crippen molar-refractivity contribution < 1.29 is 13.9 Å². The van der Waals surface area contributed by atoms with E-state index in [-0.39, 0.29) is 11.9 Å². The highest BCUT2D eigenvalue weighted by Crippen LogP contribution is 2.27. The van der Waals surface area contributed by atoms with Gasteiger partial charge in [-0.1, -0.05) is 11.8 Å². The molecule has 0 aliphatic carbocycles. The molecule has 0 amide bonds. The molecule has 8 heteroatoms. The third kappa shape index (κ3) is 5.27. The Morgan fingerprint density at radius 1 is 1.03 bits per heavy atom. The van der Waals surface area contributed by atoms with Crippen LogP contribution in [0.5, 0.6) is 11.5 Å². The van der Waals surface area contributed by atoms with E-state index in [9.17, 15) is 4.39 Å². The molecule has 0 spiro atoms. The minimum atomic E-state index is -0.272. The number of hydrogen-bond acceptors (Lipinski definition) is 6. The summed E-state index contributed by atoms with van der Waals surface area (Å²) in [5.41, 5.74) is 0.832. The number of rotatable bonds is 9. The molecule has 2 aromatic carbocycles. The first-order valence-electron chi connectivity index (χ1n) is 9.27. The van der Waals surface area contributed by atoms with Gasteiger partial charge in [0.15, 0.2) is 11.0 Å². The lowest BCUT2D eigenvalue weighted by molar-refractivity contribution is 0.305. The first kappa shape index (κ1) is 21.1. The van der Waals surface area contributed by atoms with E-state index in [0.717, 1.165) is 28.2 Å². The third-order valence-corrected chi connectivity index (χ3v) is 5.43. The molecule has 0 saturated carbocycles. The van der Waals surface area contributed by atoms with Crippen molar-refractivity contribution in [3.05, 3.63) is 60.2 Å². The van der Waals surface area contributed by atoms with E-state index in [1.165, 1.54) is 12.1 Å². The second kappa shape index (κ2) is 9.76. The van der Waals surface area contributed by atoms with Gasteiger partial charge in [-0.2, -0.15) is 0 Å². The van der Waals surface area contributed by atoms with Crippen LogP contribution in [0.4, 0.5) is 4.39 Å². The zero-order chi connectivity index (χ0) is 20.8. The maximum Gasteiger partial charge on any atom is 0.196 e. The first-order valence-corrected chi connectivity index (χ1v) is 10.3. The van der Waals surface area contributed by atoms with Gasteiger partial charge in [0.1, 0.15) is 17.3 Å². The van der Waals surface area contributed by atoms with Crippen LogP contribution >= 0.6 is 11.8 Å². The van der Waals surface area contributed by atoms with E-state index in [2.05, 4.69) is 22.0 Å². The molecule has 0 saturated heterocycles. The summed E-state index contributed by atoms with van der Waals surface area (Å²) in [6.07, 6.45) is 0. The van der Waals surface area contributed by atoms with Gasteiger partial charge in [0.25, 0.3) is 0 Å². The second-order valence-electron chi connectivity index (χ2n) is 6.66. The molecule has 0 N–H and O–H groups in total. The van der Waals surface area contributed by atoms with E-state index in [1.807, 2.05) is 42.9 Å². The summed E-state index contributed by atoms with van der Waals surface area (Å²) < 4.78 is 26.3. The lowest BCUT2D eigenvalue weighted by atomic mass is 10.2. The predicted octanol–water partition coefficient (Wildman–Crippen LogP) is 4.21. The molecule has 1 aromatic heterocycles. The highest BCUT2D eigenvalue weighted by molar-refractivity contribution is 7.99. The molecular weight excluding hydrogens is 391 g/mol. The highest BCUT2D eigenvalue weighted by atomic mass is 32.2. The van der Waals surface area contributed by atoms with Crippen LogP contribution in [0.15, 0.2) is 53.7 Å². The number of aromatic nitrogens is 3. The number of methoxy groups -OCH3 is 1. The van der Waals surface area contributed by atoms with E-state index in [0.29, 0.717) is 12.4 Å². The lowest BCUT2D eigenvalue weighted by Gasteiger charge is -2.20. The maximum atomic E-state index is 13.4. The molecule has 0 unspecified atom stereocenters. The standard InChI is InChI=1S/C21H25FN4O2S/c1-15(25(2)3)20-23-24-21(26(20)17-7-5-16(22)6-8-17)29-14-13-28-19-11-9-18(27-4)10-12-19/h5-12,15H,13-14H2,1-4H3/t15-/m1/s1. The van der Waals surface area contributed by atoms with Crippen LogP contribution in [0, 0.1) is 5.82 Å². The Bertz CT molecular complexity index is 913. The zero-order valence-corrected chi connectivity index (χ0v) is 17.8. The average Bonchev–Trinajstić information content (AvgIpc) is 3.15. The number of halogens is 1. The average molecular weight is 417 g/mol. The molecule has 6 nitrogen and oxygen atoms in total. The summed E-state index contributed by atoms with van der Waals surface area (Å²) in [6.45, 7) is 2.58. The van der Waals surface area contributed by atoms with E-state index in [1.54, 1.807) is 31.0 Å². The Morgan fingerprint density at radius 3 is 2.31 bits per heavy atom. The SMILES string of the molecule is COc1ccc(OCCSc2nnc([C@@H](C)N(C)C)n2-c2ccc(F)cc2)cc1. The minimum Gasteiger partial charge on any atom is -0.497 e. The van der Waals surface area contributed by atoms with Crippen LogP contribution < -0.4 is 9.47 Å². The van der Waals surface area contributed by atoms with E-state index >= 15 is 0 Å². The molecule has 1 heterocycles. The number of ether oxygens (including phenoxy) is 2. The second-order valence-corrected chi connectivity index (χ2v) is 7.73. The fraction of sp³-hybridized carbons (Fsp3) is 0.333. The molecule has 29 heavy (non-hydrogen) atoms. The van der Waals surface area contributed by atoms with Gasteiger partial charge in [0.2, 0.25) is 0 Å². The van der Waals surface area contributed by atoms with Gasteiger partial charge in [-0.15, -0.1) is 10.2 Å². The van der Waals surface area contributed by atoms with Crippen molar-refractivity contribution in [2.45, 2.75) is 18.1 Å². The van der Waals surface area contributed by atoms with Crippen LogP contribution in [-0.4, -0.2) is 53.2 Å².